The van der Waals surface area contributed by atoms with Crippen LogP contribution in [0, 0.1) is 0 Å². The molecule has 1 N–H and O–H groups in total. The molecule has 0 bridgehead atoms. The second-order valence-electron chi connectivity index (χ2n) is 8.84. The number of carbonyl (C=O) groups excluding carboxylic acids is 2. The number of Topliss-reactive ketones (excluding diaryl/α,β-unsaturated/α-hetero) is 1. The summed E-state index contributed by atoms with van der Waals surface area (Å²) >= 11 is 0. The molecule has 1 saturated heterocycles. The van der Waals surface area contributed by atoms with Crippen molar-refractivity contribution in [1.29, 1.82) is 0 Å². The third-order valence-corrected chi connectivity index (χ3v) is 5.92. The molecule has 36 heavy (non-hydrogen) atoms. The molecule has 3 aromatic rings. The lowest BCUT2D eigenvalue weighted by Crippen LogP contribution is -2.31. The molecular formula is C28H31N3O5. The molecule has 1 aromatic heterocycles. The molecule has 188 valence electrons. The van der Waals surface area contributed by atoms with Gasteiger partial charge in [0.2, 0.25) is 0 Å². The Morgan fingerprint density at radius 3 is 2.33 bits per heavy atom. The quantitative estimate of drug-likeness (QED) is 0.255. The third kappa shape index (κ3) is 5.43. The van der Waals surface area contributed by atoms with Crippen LogP contribution in [0.5, 0.6) is 11.5 Å². The van der Waals surface area contributed by atoms with Crippen LogP contribution in [0.3, 0.4) is 0 Å². The average Bonchev–Trinajstić information content (AvgIpc) is 3.47. The molecule has 0 unspecified atom stereocenters. The van der Waals surface area contributed by atoms with Gasteiger partial charge in [-0.05, 0) is 69.2 Å². The van der Waals surface area contributed by atoms with E-state index in [9.17, 15) is 14.7 Å². The molecule has 8 nitrogen and oxygen atoms in total. The Balaban J connectivity index is 1.69. The van der Waals surface area contributed by atoms with Crippen molar-refractivity contribution in [1.82, 2.24) is 14.5 Å². The lowest BCUT2D eigenvalue weighted by molar-refractivity contribution is -0.139. The number of aryl methyl sites for hydroxylation is 1. The second-order valence-corrected chi connectivity index (χ2v) is 8.84. The lowest BCUT2D eigenvalue weighted by Gasteiger charge is -2.25. The molecule has 0 aliphatic carbocycles. The summed E-state index contributed by atoms with van der Waals surface area (Å²) in [6.07, 6.45) is 5.90. The number of likely N-dealkylation sites (tertiary alicyclic amines) is 1. The topological polar surface area (TPSA) is 93.9 Å². The van der Waals surface area contributed by atoms with Gasteiger partial charge in [0.25, 0.3) is 11.7 Å². The van der Waals surface area contributed by atoms with Crippen molar-refractivity contribution >= 4 is 17.4 Å². The fourth-order valence-electron chi connectivity index (χ4n) is 4.33. The van der Waals surface area contributed by atoms with Gasteiger partial charge < -0.3 is 24.0 Å². The van der Waals surface area contributed by atoms with Crippen molar-refractivity contribution in [2.45, 2.75) is 45.9 Å². The molecule has 0 saturated carbocycles. The van der Waals surface area contributed by atoms with Gasteiger partial charge in [0.1, 0.15) is 17.3 Å². The number of hydrogen-bond acceptors (Lipinski definition) is 6. The summed E-state index contributed by atoms with van der Waals surface area (Å²) in [5.41, 5.74) is 1.24. The number of nitrogens with zero attached hydrogens (tertiary/aromatic N) is 3. The van der Waals surface area contributed by atoms with E-state index < -0.39 is 17.7 Å². The van der Waals surface area contributed by atoms with Crippen molar-refractivity contribution in [3.63, 3.8) is 0 Å². The number of amides is 1. The summed E-state index contributed by atoms with van der Waals surface area (Å²) < 4.78 is 13.2. The number of imidazole rings is 1. The van der Waals surface area contributed by atoms with Gasteiger partial charge in [0.05, 0.1) is 30.7 Å². The van der Waals surface area contributed by atoms with E-state index in [4.69, 9.17) is 9.47 Å². The van der Waals surface area contributed by atoms with Crippen molar-refractivity contribution in [2.75, 3.05) is 13.2 Å². The number of aromatic nitrogens is 2. The van der Waals surface area contributed by atoms with E-state index in [0.29, 0.717) is 43.2 Å². The van der Waals surface area contributed by atoms with E-state index in [1.807, 2.05) is 55.8 Å². The summed E-state index contributed by atoms with van der Waals surface area (Å²) in [6, 6.07) is 13.4. The SMILES string of the molecule is CCOc1ccc([C@@H]2/C(=C(\O)c3ccc(OC(C)C)cc3)C(=O)C(=O)N2CCCn2ccnc2)cc1. The number of aliphatic hydroxyl groups is 1. The Bertz CT molecular complexity index is 1220. The number of aliphatic hydroxyl groups excluding tert-OH is 1. The van der Waals surface area contributed by atoms with Gasteiger partial charge in [-0.2, -0.15) is 0 Å². The van der Waals surface area contributed by atoms with Gasteiger partial charge >= 0.3 is 0 Å². The fraction of sp³-hybridized carbons (Fsp3) is 0.321. The highest BCUT2D eigenvalue weighted by Gasteiger charge is 2.45. The summed E-state index contributed by atoms with van der Waals surface area (Å²) in [6.45, 7) is 7.29. The van der Waals surface area contributed by atoms with Gasteiger partial charge in [-0.25, -0.2) is 4.98 Å². The van der Waals surface area contributed by atoms with Crippen molar-refractivity contribution in [2.24, 2.45) is 0 Å². The van der Waals surface area contributed by atoms with Gasteiger partial charge in [-0.15, -0.1) is 0 Å². The molecular weight excluding hydrogens is 458 g/mol. The maximum absolute atomic E-state index is 13.2. The summed E-state index contributed by atoms with van der Waals surface area (Å²) in [7, 11) is 0. The van der Waals surface area contributed by atoms with E-state index in [0.717, 1.165) is 5.56 Å². The molecule has 1 atom stereocenters. The first-order valence-electron chi connectivity index (χ1n) is 12.1. The fourth-order valence-corrected chi connectivity index (χ4v) is 4.33. The van der Waals surface area contributed by atoms with E-state index in [1.165, 1.54) is 4.90 Å². The first kappa shape index (κ1) is 25.0. The summed E-state index contributed by atoms with van der Waals surface area (Å²) in [5.74, 6) is -0.179. The zero-order valence-corrected chi connectivity index (χ0v) is 20.8. The highest BCUT2D eigenvalue weighted by atomic mass is 16.5. The maximum Gasteiger partial charge on any atom is 0.295 e. The zero-order valence-electron chi connectivity index (χ0n) is 20.8. The minimum absolute atomic E-state index is 0.0109. The average molecular weight is 490 g/mol. The normalized spacial score (nSPS) is 17.1. The van der Waals surface area contributed by atoms with Crippen LogP contribution in [-0.4, -0.2) is 50.5 Å². The molecule has 2 heterocycles. The number of hydrogen-bond donors (Lipinski definition) is 1. The largest absolute Gasteiger partial charge is 0.507 e. The van der Waals surface area contributed by atoms with Gasteiger partial charge in [-0.1, -0.05) is 12.1 Å². The molecule has 4 rings (SSSR count). The predicted molar refractivity (Wildman–Crippen MR) is 136 cm³/mol. The molecule has 0 radical (unpaired) electrons. The Hall–Kier alpha value is -4.07. The maximum atomic E-state index is 13.2. The van der Waals surface area contributed by atoms with Crippen LogP contribution in [0.15, 0.2) is 72.8 Å². The van der Waals surface area contributed by atoms with E-state index in [1.54, 1.807) is 36.8 Å². The first-order valence-corrected chi connectivity index (χ1v) is 12.1. The third-order valence-electron chi connectivity index (χ3n) is 5.92. The van der Waals surface area contributed by atoms with Gasteiger partial charge in [0, 0.05) is 31.0 Å². The standard InChI is InChI=1S/C28H31N3O5/c1-4-35-22-10-6-20(7-11-22)25-24(26(32)21-8-12-23(13-9-21)36-19(2)3)27(33)28(34)31(25)16-5-15-30-17-14-29-18-30/h6-14,17-19,25,32H,4-5,15-16H2,1-3H3/b26-24+/t25-/m1/s1. The Morgan fingerprint density at radius 1 is 1.03 bits per heavy atom. The van der Waals surface area contributed by atoms with E-state index in [-0.39, 0.29) is 17.4 Å². The first-order chi connectivity index (χ1) is 17.4. The van der Waals surface area contributed by atoms with Crippen LogP contribution in [0.4, 0.5) is 0 Å². The molecule has 1 aliphatic rings. The molecule has 1 aliphatic heterocycles. The minimum atomic E-state index is -0.713. The smallest absolute Gasteiger partial charge is 0.295 e. The van der Waals surface area contributed by atoms with Gasteiger partial charge in [0.15, 0.2) is 0 Å². The Morgan fingerprint density at radius 2 is 1.72 bits per heavy atom. The summed E-state index contributed by atoms with van der Waals surface area (Å²) in [4.78, 5) is 31.9. The summed E-state index contributed by atoms with van der Waals surface area (Å²) in [5, 5.41) is 11.2. The van der Waals surface area contributed by atoms with Crippen LogP contribution < -0.4 is 9.47 Å². The van der Waals surface area contributed by atoms with Crippen LogP contribution in [0.1, 0.15) is 44.4 Å². The molecule has 1 amide bonds. The number of rotatable bonds is 10. The highest BCUT2D eigenvalue weighted by Crippen LogP contribution is 2.40. The Kier molecular flexibility index (Phi) is 7.73. The van der Waals surface area contributed by atoms with Crippen molar-refractivity contribution in [3.8, 4) is 11.5 Å². The molecule has 0 spiro atoms. The number of carbonyl (C=O) groups is 2. The van der Waals surface area contributed by atoms with E-state index in [2.05, 4.69) is 4.98 Å². The van der Waals surface area contributed by atoms with Crippen molar-refractivity contribution in [3.05, 3.63) is 84.0 Å². The van der Waals surface area contributed by atoms with Crippen molar-refractivity contribution < 1.29 is 24.2 Å². The van der Waals surface area contributed by atoms with Gasteiger partial charge in [-0.3, -0.25) is 9.59 Å². The molecule has 2 aromatic carbocycles. The number of benzene rings is 2. The Labute approximate surface area is 210 Å². The van der Waals surface area contributed by atoms with Crippen LogP contribution in [0.25, 0.3) is 5.76 Å². The predicted octanol–water partition coefficient (Wildman–Crippen LogP) is 4.58. The number of ketones is 1. The molecule has 8 heteroatoms. The van der Waals surface area contributed by atoms with Crippen LogP contribution >= 0.6 is 0 Å². The minimum Gasteiger partial charge on any atom is -0.507 e. The zero-order chi connectivity index (χ0) is 25.7. The second kappa shape index (κ2) is 11.1. The van der Waals surface area contributed by atoms with Crippen LogP contribution in [0.2, 0.25) is 0 Å². The molecule has 1 fully saturated rings. The monoisotopic (exact) mass is 489 g/mol. The lowest BCUT2D eigenvalue weighted by atomic mass is 9.95. The highest BCUT2D eigenvalue weighted by molar-refractivity contribution is 6.46. The number of ether oxygens (including phenoxy) is 2. The van der Waals surface area contributed by atoms with Crippen LogP contribution in [-0.2, 0) is 16.1 Å². The van der Waals surface area contributed by atoms with E-state index >= 15 is 0 Å².